The van der Waals surface area contributed by atoms with E-state index in [0.717, 1.165) is 5.56 Å². The van der Waals surface area contributed by atoms with E-state index < -0.39 is 6.04 Å². The van der Waals surface area contributed by atoms with Crippen molar-refractivity contribution in [2.45, 2.75) is 26.4 Å². The molecular formula is C13H17ClN2O2. The maximum absolute atomic E-state index is 12.0. The van der Waals surface area contributed by atoms with E-state index in [1.165, 1.54) is 6.92 Å². The Balaban J connectivity index is 2.65. The highest BCUT2D eigenvalue weighted by Gasteiger charge is 2.18. The van der Waals surface area contributed by atoms with Gasteiger partial charge in [0.05, 0.1) is 0 Å². The van der Waals surface area contributed by atoms with Gasteiger partial charge in [-0.15, -0.1) is 0 Å². The van der Waals surface area contributed by atoms with Crippen LogP contribution in [-0.2, 0) is 16.1 Å². The van der Waals surface area contributed by atoms with Gasteiger partial charge in [-0.25, -0.2) is 0 Å². The molecule has 0 aliphatic rings. The Labute approximate surface area is 112 Å². The van der Waals surface area contributed by atoms with Gasteiger partial charge in [-0.05, 0) is 18.6 Å². The van der Waals surface area contributed by atoms with Gasteiger partial charge in [0.2, 0.25) is 11.8 Å². The van der Waals surface area contributed by atoms with Gasteiger partial charge in [0.1, 0.15) is 6.04 Å². The van der Waals surface area contributed by atoms with E-state index in [0.29, 0.717) is 11.6 Å². The zero-order valence-corrected chi connectivity index (χ0v) is 11.5. The third kappa shape index (κ3) is 4.04. The number of nitrogens with one attached hydrogen (secondary N) is 1. The first-order valence-electron chi connectivity index (χ1n) is 5.67. The van der Waals surface area contributed by atoms with Crippen molar-refractivity contribution in [2.24, 2.45) is 0 Å². The van der Waals surface area contributed by atoms with Crippen LogP contribution in [0.25, 0.3) is 0 Å². The number of amides is 2. The molecule has 1 aromatic carbocycles. The van der Waals surface area contributed by atoms with Gasteiger partial charge < -0.3 is 10.2 Å². The summed E-state index contributed by atoms with van der Waals surface area (Å²) in [5.74, 6) is -0.368. The number of carbonyl (C=O) groups is 2. The lowest BCUT2D eigenvalue weighted by molar-refractivity contribution is -0.134. The molecule has 1 N–H and O–H groups in total. The van der Waals surface area contributed by atoms with E-state index in [1.807, 2.05) is 18.2 Å². The highest BCUT2D eigenvalue weighted by Crippen LogP contribution is 2.16. The van der Waals surface area contributed by atoms with Crippen molar-refractivity contribution in [3.63, 3.8) is 0 Å². The van der Waals surface area contributed by atoms with E-state index >= 15 is 0 Å². The molecule has 1 unspecified atom stereocenters. The second kappa shape index (κ2) is 6.40. The van der Waals surface area contributed by atoms with Crippen molar-refractivity contribution in [1.82, 2.24) is 10.2 Å². The molecule has 1 atom stereocenters. The van der Waals surface area contributed by atoms with Crippen molar-refractivity contribution in [3.05, 3.63) is 34.9 Å². The first-order valence-corrected chi connectivity index (χ1v) is 6.05. The summed E-state index contributed by atoms with van der Waals surface area (Å²) >= 11 is 6.03. The first kappa shape index (κ1) is 14.5. The minimum absolute atomic E-state index is 0.148. The largest absolute Gasteiger partial charge is 0.345 e. The fourth-order valence-electron chi connectivity index (χ4n) is 1.66. The van der Waals surface area contributed by atoms with E-state index in [2.05, 4.69) is 5.32 Å². The molecule has 1 aromatic rings. The van der Waals surface area contributed by atoms with E-state index in [-0.39, 0.29) is 11.8 Å². The lowest BCUT2D eigenvalue weighted by Gasteiger charge is -2.22. The van der Waals surface area contributed by atoms with Crippen LogP contribution >= 0.6 is 11.6 Å². The molecule has 0 radical (unpaired) electrons. The second-order valence-corrected chi connectivity index (χ2v) is 4.62. The third-order valence-electron chi connectivity index (χ3n) is 2.53. The predicted molar refractivity (Wildman–Crippen MR) is 71.2 cm³/mol. The van der Waals surface area contributed by atoms with Gasteiger partial charge in [0.15, 0.2) is 0 Å². The molecule has 0 aromatic heterocycles. The fraction of sp³-hybridized carbons (Fsp3) is 0.385. The van der Waals surface area contributed by atoms with Crippen molar-refractivity contribution in [2.75, 3.05) is 7.05 Å². The predicted octanol–water partition coefficient (Wildman–Crippen LogP) is 1.82. The number of benzene rings is 1. The molecule has 0 spiro atoms. The van der Waals surface area contributed by atoms with Crippen molar-refractivity contribution >= 4 is 23.4 Å². The molecule has 0 fully saturated rings. The van der Waals surface area contributed by atoms with Gasteiger partial charge in [0, 0.05) is 25.5 Å². The molecule has 5 heteroatoms. The minimum Gasteiger partial charge on any atom is -0.345 e. The maximum Gasteiger partial charge on any atom is 0.244 e. The Morgan fingerprint density at radius 3 is 2.56 bits per heavy atom. The Hall–Kier alpha value is -1.55. The fourth-order valence-corrected chi connectivity index (χ4v) is 1.85. The van der Waals surface area contributed by atoms with E-state index in [1.54, 1.807) is 24.9 Å². The van der Waals surface area contributed by atoms with Crippen molar-refractivity contribution < 1.29 is 9.59 Å². The number of hydrogen-bond acceptors (Lipinski definition) is 2. The van der Waals surface area contributed by atoms with Crippen LogP contribution < -0.4 is 5.32 Å². The van der Waals surface area contributed by atoms with Crippen LogP contribution in [0.3, 0.4) is 0 Å². The van der Waals surface area contributed by atoms with Crippen molar-refractivity contribution in [3.8, 4) is 0 Å². The molecule has 18 heavy (non-hydrogen) atoms. The smallest absolute Gasteiger partial charge is 0.244 e. The molecule has 0 aliphatic heterocycles. The normalized spacial score (nSPS) is 11.8. The Morgan fingerprint density at radius 2 is 2.00 bits per heavy atom. The number of nitrogens with zero attached hydrogens (tertiary/aromatic N) is 1. The monoisotopic (exact) mass is 268 g/mol. The maximum atomic E-state index is 12.0. The van der Waals surface area contributed by atoms with Crippen LogP contribution in [0.1, 0.15) is 19.4 Å². The summed E-state index contributed by atoms with van der Waals surface area (Å²) < 4.78 is 0. The standard InChI is InChI=1S/C13H17ClN2O2/c1-9(15-10(2)17)13(18)16(3)8-11-6-4-5-7-12(11)14/h4-7,9H,8H2,1-3H3,(H,15,17). The van der Waals surface area contributed by atoms with Gasteiger partial charge in [0.25, 0.3) is 0 Å². The zero-order valence-electron chi connectivity index (χ0n) is 10.7. The van der Waals surface area contributed by atoms with E-state index in [4.69, 9.17) is 11.6 Å². The highest BCUT2D eigenvalue weighted by atomic mass is 35.5. The molecule has 0 heterocycles. The van der Waals surface area contributed by atoms with Gasteiger partial charge in [-0.3, -0.25) is 9.59 Å². The van der Waals surface area contributed by atoms with Crippen LogP contribution in [0.15, 0.2) is 24.3 Å². The van der Waals surface area contributed by atoms with Crippen molar-refractivity contribution in [1.29, 1.82) is 0 Å². The van der Waals surface area contributed by atoms with Gasteiger partial charge >= 0.3 is 0 Å². The van der Waals surface area contributed by atoms with Gasteiger partial charge in [-0.2, -0.15) is 0 Å². The van der Waals surface area contributed by atoms with Crippen LogP contribution in [0.4, 0.5) is 0 Å². The average molecular weight is 269 g/mol. The summed E-state index contributed by atoms with van der Waals surface area (Å²) in [4.78, 5) is 24.4. The number of halogens is 1. The van der Waals surface area contributed by atoms with Crippen LogP contribution in [0.5, 0.6) is 0 Å². The quantitative estimate of drug-likeness (QED) is 0.906. The minimum atomic E-state index is -0.532. The lowest BCUT2D eigenvalue weighted by atomic mass is 10.2. The molecule has 4 nitrogen and oxygen atoms in total. The molecule has 0 saturated heterocycles. The topological polar surface area (TPSA) is 49.4 Å². The summed E-state index contributed by atoms with van der Waals surface area (Å²) in [7, 11) is 1.68. The number of rotatable bonds is 4. The van der Waals surface area contributed by atoms with E-state index in [9.17, 15) is 9.59 Å². The summed E-state index contributed by atoms with van der Waals surface area (Å²) in [5.41, 5.74) is 0.880. The Kier molecular flexibility index (Phi) is 5.16. The van der Waals surface area contributed by atoms with Crippen LogP contribution in [0.2, 0.25) is 5.02 Å². The Bertz CT molecular complexity index is 448. The zero-order chi connectivity index (χ0) is 13.7. The summed E-state index contributed by atoms with van der Waals surface area (Å²) in [6.07, 6.45) is 0. The molecule has 0 bridgehead atoms. The molecule has 1 rings (SSSR count). The molecule has 98 valence electrons. The van der Waals surface area contributed by atoms with Crippen LogP contribution in [-0.4, -0.2) is 29.8 Å². The number of likely N-dealkylation sites (N-methyl/N-ethyl adjacent to an activating group) is 1. The second-order valence-electron chi connectivity index (χ2n) is 4.21. The highest BCUT2D eigenvalue weighted by molar-refractivity contribution is 6.31. The SMILES string of the molecule is CC(=O)NC(C)C(=O)N(C)Cc1ccccc1Cl. The third-order valence-corrected chi connectivity index (χ3v) is 2.90. The molecule has 0 aliphatic carbocycles. The molecule has 0 saturated carbocycles. The average Bonchev–Trinajstić information content (AvgIpc) is 2.30. The number of carbonyl (C=O) groups excluding carboxylic acids is 2. The molecular weight excluding hydrogens is 252 g/mol. The lowest BCUT2D eigenvalue weighted by Crippen LogP contribution is -2.44. The number of hydrogen-bond donors (Lipinski definition) is 1. The first-order chi connectivity index (χ1) is 8.41. The summed E-state index contributed by atoms with van der Waals surface area (Å²) in [5, 5.41) is 3.19. The van der Waals surface area contributed by atoms with Crippen LogP contribution in [0, 0.1) is 0 Å². The Morgan fingerprint density at radius 1 is 1.39 bits per heavy atom. The van der Waals surface area contributed by atoms with Gasteiger partial charge in [-0.1, -0.05) is 29.8 Å². The summed E-state index contributed by atoms with van der Waals surface area (Å²) in [6, 6.07) is 6.83. The molecule has 2 amide bonds. The summed E-state index contributed by atoms with van der Waals surface area (Å²) in [6.45, 7) is 3.47.